The first-order chi connectivity index (χ1) is 50.9. The fourth-order valence-corrected chi connectivity index (χ4v) is 15.1. The van der Waals surface area contributed by atoms with Gasteiger partial charge in [-0.1, -0.05) is 20.3 Å². The lowest BCUT2D eigenvalue weighted by Crippen LogP contribution is -2.44. The largest absolute Gasteiger partial charge is 0.480 e. The van der Waals surface area contributed by atoms with Crippen LogP contribution in [0.4, 0.5) is 66.7 Å². The zero-order valence-electron chi connectivity index (χ0n) is 60.2. The van der Waals surface area contributed by atoms with Crippen LogP contribution in [0.15, 0.2) is 103 Å². The molecule has 9 fully saturated rings. The number of nitrogens with zero attached hydrogens (tertiary/aromatic N) is 12. The smallest absolute Gasteiger partial charge is 0.451 e. The molecule has 2 unspecified atom stereocenters. The zero-order chi connectivity index (χ0) is 80.2. The predicted molar refractivity (Wildman–Crippen MR) is 369 cm³/mol. The molecule has 7 aromatic rings. The molecule has 38 heteroatoms. The minimum absolute atomic E-state index is 0. The van der Waals surface area contributed by atoms with Crippen molar-refractivity contribution in [3.63, 3.8) is 0 Å². The van der Waals surface area contributed by atoms with E-state index < -0.39 is 117 Å². The van der Waals surface area contributed by atoms with Gasteiger partial charge in [-0.15, -0.1) is 12.4 Å². The summed E-state index contributed by atoms with van der Waals surface area (Å²) in [6.45, 7) is 15.0. The molecule has 6 bridgehead atoms. The number of aliphatic carboxylic acids is 1. The summed E-state index contributed by atoms with van der Waals surface area (Å²) in [7, 11) is -4.02. The van der Waals surface area contributed by atoms with Gasteiger partial charge in [-0.05, 0) is 153 Å². The van der Waals surface area contributed by atoms with E-state index in [1.165, 1.54) is 33.8 Å². The lowest BCUT2D eigenvalue weighted by molar-refractivity contribution is -0.145. The molecule has 23 nitrogen and oxygen atoms in total. The Morgan fingerprint density at radius 2 is 0.791 bits per heavy atom. The molecule has 3 saturated carbocycles. The Labute approximate surface area is 628 Å². The maximum Gasteiger partial charge on any atom is 0.451 e. The van der Waals surface area contributed by atoms with E-state index in [0.29, 0.717) is 29.9 Å². The fourth-order valence-electron chi connectivity index (χ4n) is 13.2. The molecule has 1 aromatic carbocycles. The Morgan fingerprint density at radius 3 is 1.13 bits per heavy atom. The van der Waals surface area contributed by atoms with E-state index >= 15 is 0 Å². The Bertz CT molecular complexity index is 4550. The maximum absolute atomic E-state index is 14.4. The number of fused-ring (bicyclic) bond motifs is 3. The molecule has 3 atom stereocenters. The highest BCUT2D eigenvalue weighted by molar-refractivity contribution is 7.89. The molecule has 594 valence electrons. The normalized spacial score (nSPS) is 20.9. The SMILES string of the molecule is CC(C)(C)OC(=O)N1C2CC(C2)C1C(=O)CCc1cc(-c2cnc(C(F)(F)F)nc2)c(F)cn1.CC(C)(C)OC(=O)N1C2CC(C2)C1C(=O)O.CCC.Cl.NCc1cc(-c2cnc(C(F)(F)F)nc2)c(F)cn1.O=C(CCc1cc(-c2cnc(C(F)(F)F)nc2)c(F)cn1)[C@@H]1C2CC(C2)N1S(=O)(=O)c1ccc(F)cc1. The second-order valence-corrected chi connectivity index (χ2v) is 30.4. The molecule has 110 heavy (non-hydrogen) atoms. The van der Waals surface area contributed by atoms with Gasteiger partial charge in [0.05, 0.1) is 41.3 Å². The number of alkyl halides is 9. The highest BCUT2D eigenvalue weighted by Crippen LogP contribution is 2.51. The predicted octanol–water partition coefficient (Wildman–Crippen LogP) is 14.2. The summed E-state index contributed by atoms with van der Waals surface area (Å²) in [6, 6.07) is 6.12. The molecule has 3 N–H and O–H groups in total. The van der Waals surface area contributed by atoms with E-state index in [1.807, 2.05) is 0 Å². The molecule has 9 aliphatic rings. The van der Waals surface area contributed by atoms with Crippen molar-refractivity contribution in [2.24, 2.45) is 23.5 Å². The number of Topliss-reactive ketones (excluding diaryl/α,β-unsaturated/α-hetero) is 2. The van der Waals surface area contributed by atoms with Gasteiger partial charge >= 0.3 is 36.7 Å². The van der Waals surface area contributed by atoms with Gasteiger partial charge < -0.3 is 20.3 Å². The van der Waals surface area contributed by atoms with Gasteiger partial charge in [0.1, 0.15) is 40.5 Å². The first kappa shape index (κ1) is 86.1. The van der Waals surface area contributed by atoms with E-state index in [1.54, 1.807) is 46.4 Å². The van der Waals surface area contributed by atoms with E-state index in [-0.39, 0.29) is 130 Å². The molecular formula is C72H77ClF13N13O10S. The molecule has 6 saturated heterocycles. The number of carboxylic acids is 1. The first-order valence-corrected chi connectivity index (χ1v) is 35.8. The summed E-state index contributed by atoms with van der Waals surface area (Å²) in [5, 5.41) is 9.08. The third-order valence-corrected chi connectivity index (χ3v) is 20.1. The molecular weight excluding hydrogens is 1520 g/mol. The van der Waals surface area contributed by atoms with Crippen LogP contribution in [0, 0.1) is 41.0 Å². The van der Waals surface area contributed by atoms with Crippen LogP contribution < -0.4 is 5.73 Å². The number of aryl methyl sites for hydroxylation is 2. The van der Waals surface area contributed by atoms with Crippen LogP contribution in [-0.4, -0.2) is 150 Å². The van der Waals surface area contributed by atoms with Gasteiger partial charge in [0.15, 0.2) is 11.6 Å². The van der Waals surface area contributed by atoms with Crippen molar-refractivity contribution < 1.29 is 104 Å². The van der Waals surface area contributed by atoms with Gasteiger partial charge in [-0.2, -0.15) is 43.8 Å². The van der Waals surface area contributed by atoms with Gasteiger partial charge in [-0.25, -0.2) is 70.3 Å². The standard InChI is InChI=1S/C24H19F5N4O3S.C23H24F4N4O3.C11H8F4N4.C11H17NO4.C3H8.ClH/c25-15-1-4-18(5-2-15)37(35,36)33-17-7-13(8-17)22(33)21(34)6-3-16-9-19(20(26)12-30-16)14-10-31-23(32-11-14)24(27,28)29;1-22(2,3)34-21(33)31-15-6-12(7-15)19(31)18(32)5-4-14-8-16(17(24)11-28-14)13-9-29-20(30-10-13)23(25,26)27;12-9-5-17-7(2-16)1-8(9)6-3-18-10(19-4-6)11(13,14)15;1-11(2,3)16-10(15)12-7-4-6(5-7)8(12)9(13)14;1-3-2;/h1-2,4-5,9-13,17,22H,3,6-8H2;8-12,15,19H,4-7H2,1-3H3;1,3-5H,2,16H2;6-8H,4-5H2,1-3H3,(H,13,14);3H2,1-2H3;1H/t13?,17?,22-;;;;;/m0...../s1. The van der Waals surface area contributed by atoms with E-state index in [4.69, 9.17) is 20.3 Å². The third kappa shape index (κ3) is 20.5. The summed E-state index contributed by atoms with van der Waals surface area (Å²) in [6.07, 6.45) is -1.19. The number of sulfonamides is 1. The van der Waals surface area contributed by atoms with Crippen molar-refractivity contribution in [2.75, 3.05) is 0 Å². The Hall–Kier alpha value is -9.49. The molecule has 2 amide bonds. The van der Waals surface area contributed by atoms with Crippen LogP contribution in [0.1, 0.15) is 148 Å². The first-order valence-electron chi connectivity index (χ1n) is 34.3. The van der Waals surface area contributed by atoms with Crippen LogP contribution in [0.3, 0.4) is 0 Å². The molecule has 12 heterocycles. The number of pyridine rings is 3. The molecule has 3 aliphatic carbocycles. The second kappa shape index (κ2) is 34.4. The van der Waals surface area contributed by atoms with Crippen LogP contribution in [0.2, 0.25) is 0 Å². The number of ether oxygens (including phenoxy) is 2. The van der Waals surface area contributed by atoms with E-state index in [0.717, 1.165) is 106 Å². The summed E-state index contributed by atoms with van der Waals surface area (Å²) >= 11 is 0. The van der Waals surface area contributed by atoms with Crippen molar-refractivity contribution in [3.05, 3.63) is 156 Å². The molecule has 0 radical (unpaired) electrons. The lowest BCUT2D eigenvalue weighted by atomic mass is 9.81. The Balaban J connectivity index is 0.000000191. The minimum Gasteiger partial charge on any atom is -0.480 e. The van der Waals surface area contributed by atoms with Crippen molar-refractivity contribution in [1.82, 2.24) is 59.0 Å². The monoisotopic (exact) mass is 1600 g/mol. The second-order valence-electron chi connectivity index (χ2n) is 28.6. The van der Waals surface area contributed by atoms with E-state index in [9.17, 15) is 89.5 Å². The quantitative estimate of drug-likeness (QED) is 0.0901. The number of amides is 2. The van der Waals surface area contributed by atoms with Crippen molar-refractivity contribution in [3.8, 4) is 33.4 Å². The lowest BCUT2D eigenvalue weighted by Gasteiger charge is -2.29. The summed E-state index contributed by atoms with van der Waals surface area (Å²) < 4.78 is 207. The number of ketones is 2. The summed E-state index contributed by atoms with van der Waals surface area (Å²) in [5.41, 5.74) is 5.38. The summed E-state index contributed by atoms with van der Waals surface area (Å²) in [4.78, 5) is 95.6. The number of hydrogen-bond acceptors (Lipinski definition) is 19. The number of rotatable bonds is 15. The minimum atomic E-state index is -4.74. The number of halogens is 14. The maximum atomic E-state index is 14.4. The average molecular weight is 1600 g/mol. The zero-order valence-corrected chi connectivity index (χ0v) is 61.8. The van der Waals surface area contributed by atoms with Crippen LogP contribution in [0.25, 0.3) is 33.4 Å². The number of carboxylic acid groups (broad SMARTS) is 1. The number of hydrogen-bond donors (Lipinski definition) is 2. The van der Waals surface area contributed by atoms with Crippen molar-refractivity contribution >= 4 is 52.2 Å². The topological polar surface area (TPSA) is 310 Å². The molecule has 16 rings (SSSR count). The van der Waals surface area contributed by atoms with Crippen LogP contribution in [-0.2, 0) is 71.8 Å². The molecule has 6 aromatic heterocycles. The number of benzene rings is 1. The van der Waals surface area contributed by atoms with Gasteiger partial charge in [0.25, 0.3) is 0 Å². The Morgan fingerprint density at radius 1 is 0.482 bits per heavy atom. The highest BCUT2D eigenvalue weighted by atomic mass is 35.5. The van der Waals surface area contributed by atoms with Gasteiger partial charge in [-0.3, -0.25) is 34.3 Å². The average Bonchev–Trinajstić information content (AvgIpc) is 1.57. The molecule has 0 spiro atoms. The van der Waals surface area contributed by atoms with Gasteiger partial charge in [0, 0.05) is 119 Å². The number of nitrogens with two attached hydrogens (primary N) is 1. The van der Waals surface area contributed by atoms with Crippen LogP contribution in [0.5, 0.6) is 0 Å². The third-order valence-electron chi connectivity index (χ3n) is 18.2. The fraction of sp³-hybridized carbons (Fsp3) is 0.472. The number of carbonyl (C=O) groups excluding carboxylic acids is 4. The summed E-state index contributed by atoms with van der Waals surface area (Å²) in [5.74, 6) is -8.00. The van der Waals surface area contributed by atoms with Crippen molar-refractivity contribution in [1.29, 1.82) is 0 Å². The van der Waals surface area contributed by atoms with Crippen molar-refractivity contribution in [2.45, 2.75) is 203 Å². The van der Waals surface area contributed by atoms with Crippen LogP contribution >= 0.6 is 12.4 Å². The van der Waals surface area contributed by atoms with Gasteiger partial charge in [0.2, 0.25) is 27.5 Å². The Kier molecular flexibility index (Phi) is 26.9. The van der Waals surface area contributed by atoms with E-state index in [2.05, 4.69) is 58.7 Å². The number of aromatic nitrogens is 9. The number of carbonyl (C=O) groups is 5. The molecule has 6 aliphatic heterocycles. The highest BCUT2D eigenvalue weighted by Gasteiger charge is 2.60.